The molecule has 0 bridgehead atoms. The zero-order chi connectivity index (χ0) is 15.2. The second-order valence-corrected chi connectivity index (χ2v) is 5.21. The number of nitrogens with two attached hydrogens (primary N) is 1. The van der Waals surface area contributed by atoms with Crippen LogP contribution in [0, 0.1) is 5.82 Å². The third kappa shape index (κ3) is 4.44. The summed E-state index contributed by atoms with van der Waals surface area (Å²) in [6, 6.07) is 3.73. The molecule has 5 nitrogen and oxygen atoms in total. The van der Waals surface area contributed by atoms with Crippen LogP contribution in [0.25, 0.3) is 0 Å². The Labute approximate surface area is 122 Å². The maximum atomic E-state index is 13.0. The van der Waals surface area contributed by atoms with E-state index >= 15 is 0 Å². The van der Waals surface area contributed by atoms with Crippen molar-refractivity contribution in [2.45, 2.75) is 38.1 Å². The molecule has 1 amide bonds. The number of halogens is 1. The molecular weight excluding hydrogens is 275 g/mol. The Balaban J connectivity index is 1.80. The average Bonchev–Trinajstić information content (AvgIpc) is 2.48. The van der Waals surface area contributed by atoms with Gasteiger partial charge < -0.3 is 15.8 Å². The minimum absolute atomic E-state index is 0.124. The maximum absolute atomic E-state index is 13.0. The van der Waals surface area contributed by atoms with Crippen molar-refractivity contribution in [1.82, 2.24) is 5.32 Å². The van der Waals surface area contributed by atoms with Crippen molar-refractivity contribution in [3.63, 3.8) is 0 Å². The van der Waals surface area contributed by atoms with Crippen LogP contribution in [0.5, 0.6) is 0 Å². The first-order chi connectivity index (χ1) is 10.1. The van der Waals surface area contributed by atoms with E-state index in [2.05, 4.69) is 5.32 Å². The molecular formula is C15H19FN2O3. The minimum atomic E-state index is -0.694. The molecule has 1 aliphatic carbocycles. The zero-order valence-electron chi connectivity index (χ0n) is 11.7. The van der Waals surface area contributed by atoms with E-state index < -0.39 is 11.8 Å². The Kier molecular flexibility index (Phi) is 5.14. The van der Waals surface area contributed by atoms with Gasteiger partial charge in [0.05, 0.1) is 11.3 Å². The SMILES string of the molecule is Nc1cc(C(=O)OCC(=O)NC2CCCCC2)ccc1F. The van der Waals surface area contributed by atoms with Gasteiger partial charge in [-0.25, -0.2) is 9.18 Å². The smallest absolute Gasteiger partial charge is 0.338 e. The van der Waals surface area contributed by atoms with E-state index in [1.807, 2.05) is 0 Å². The summed E-state index contributed by atoms with van der Waals surface area (Å²) < 4.78 is 17.9. The van der Waals surface area contributed by atoms with Gasteiger partial charge in [-0.05, 0) is 31.0 Å². The number of hydrogen-bond donors (Lipinski definition) is 2. The molecule has 1 fully saturated rings. The number of amides is 1. The van der Waals surface area contributed by atoms with Gasteiger partial charge in [0, 0.05) is 6.04 Å². The van der Waals surface area contributed by atoms with Crippen LogP contribution in [0.15, 0.2) is 18.2 Å². The Morgan fingerprint density at radius 3 is 2.67 bits per heavy atom. The number of rotatable bonds is 4. The first-order valence-corrected chi connectivity index (χ1v) is 7.08. The highest BCUT2D eigenvalue weighted by Crippen LogP contribution is 2.17. The van der Waals surface area contributed by atoms with Gasteiger partial charge in [0.15, 0.2) is 6.61 Å². The number of hydrogen-bond acceptors (Lipinski definition) is 4. The molecule has 2 rings (SSSR count). The highest BCUT2D eigenvalue weighted by Gasteiger charge is 2.17. The fourth-order valence-corrected chi connectivity index (χ4v) is 2.40. The monoisotopic (exact) mass is 294 g/mol. The molecule has 1 aromatic carbocycles. The van der Waals surface area contributed by atoms with E-state index in [1.165, 1.54) is 18.6 Å². The molecule has 1 aromatic rings. The van der Waals surface area contributed by atoms with Crippen LogP contribution in [0.4, 0.5) is 10.1 Å². The highest BCUT2D eigenvalue weighted by atomic mass is 19.1. The van der Waals surface area contributed by atoms with E-state index in [4.69, 9.17) is 10.5 Å². The predicted octanol–water partition coefficient (Wildman–Crippen LogP) is 2.01. The number of benzene rings is 1. The fourth-order valence-electron chi connectivity index (χ4n) is 2.40. The maximum Gasteiger partial charge on any atom is 0.338 e. The van der Waals surface area contributed by atoms with Gasteiger partial charge in [0.1, 0.15) is 5.82 Å². The zero-order valence-corrected chi connectivity index (χ0v) is 11.7. The van der Waals surface area contributed by atoms with Gasteiger partial charge in [-0.15, -0.1) is 0 Å². The highest BCUT2D eigenvalue weighted by molar-refractivity contribution is 5.92. The van der Waals surface area contributed by atoms with Crippen LogP contribution in [0.1, 0.15) is 42.5 Å². The lowest BCUT2D eigenvalue weighted by Crippen LogP contribution is -2.38. The summed E-state index contributed by atoms with van der Waals surface area (Å²) >= 11 is 0. The lowest BCUT2D eigenvalue weighted by molar-refractivity contribution is -0.125. The molecule has 0 heterocycles. The molecule has 0 radical (unpaired) electrons. The van der Waals surface area contributed by atoms with Gasteiger partial charge in [-0.3, -0.25) is 4.79 Å². The molecule has 1 aliphatic rings. The molecule has 21 heavy (non-hydrogen) atoms. The number of ether oxygens (including phenoxy) is 1. The van der Waals surface area contributed by atoms with Crippen LogP contribution in [0.2, 0.25) is 0 Å². The van der Waals surface area contributed by atoms with E-state index in [9.17, 15) is 14.0 Å². The van der Waals surface area contributed by atoms with Gasteiger partial charge in [0.25, 0.3) is 5.91 Å². The van der Waals surface area contributed by atoms with Crippen molar-refractivity contribution in [1.29, 1.82) is 0 Å². The number of carbonyl (C=O) groups is 2. The quantitative estimate of drug-likeness (QED) is 0.657. The van der Waals surface area contributed by atoms with Crippen LogP contribution in [-0.2, 0) is 9.53 Å². The second-order valence-electron chi connectivity index (χ2n) is 5.21. The molecule has 114 valence electrons. The number of carbonyl (C=O) groups excluding carboxylic acids is 2. The molecule has 0 aromatic heterocycles. The molecule has 0 atom stereocenters. The standard InChI is InChI=1S/C15H19FN2O3/c16-12-7-6-10(8-13(12)17)15(20)21-9-14(19)18-11-4-2-1-3-5-11/h6-8,11H,1-5,9,17H2,(H,18,19). The first kappa shape index (κ1) is 15.3. The molecule has 6 heteroatoms. The van der Waals surface area contributed by atoms with Crippen molar-refractivity contribution in [2.24, 2.45) is 0 Å². The molecule has 0 unspecified atom stereocenters. The lowest BCUT2D eigenvalue weighted by atomic mass is 9.95. The van der Waals surface area contributed by atoms with E-state index in [0.717, 1.165) is 31.7 Å². The van der Waals surface area contributed by atoms with Gasteiger partial charge in [-0.2, -0.15) is 0 Å². The normalized spacial score (nSPS) is 15.5. The van der Waals surface area contributed by atoms with Crippen molar-refractivity contribution >= 4 is 17.6 Å². The number of nitrogen functional groups attached to an aromatic ring is 1. The Hall–Kier alpha value is -2.11. The second kappa shape index (κ2) is 7.06. The first-order valence-electron chi connectivity index (χ1n) is 7.08. The number of nitrogens with one attached hydrogen (secondary N) is 1. The Morgan fingerprint density at radius 2 is 2.00 bits per heavy atom. The van der Waals surface area contributed by atoms with Crippen molar-refractivity contribution in [3.8, 4) is 0 Å². The van der Waals surface area contributed by atoms with Crippen LogP contribution < -0.4 is 11.1 Å². The van der Waals surface area contributed by atoms with Gasteiger partial charge >= 0.3 is 5.97 Å². The van der Waals surface area contributed by atoms with Crippen molar-refractivity contribution in [3.05, 3.63) is 29.6 Å². The van der Waals surface area contributed by atoms with Gasteiger partial charge in [0.2, 0.25) is 0 Å². The van der Waals surface area contributed by atoms with E-state index in [1.54, 1.807) is 0 Å². The van der Waals surface area contributed by atoms with Crippen molar-refractivity contribution < 1.29 is 18.7 Å². The summed E-state index contributed by atoms with van der Waals surface area (Å²) in [4.78, 5) is 23.4. The van der Waals surface area contributed by atoms with Crippen LogP contribution in [0.3, 0.4) is 0 Å². The molecule has 0 saturated heterocycles. The summed E-state index contributed by atoms with van der Waals surface area (Å²) in [5.41, 5.74) is 5.37. The Morgan fingerprint density at radius 1 is 1.29 bits per heavy atom. The Bertz CT molecular complexity index is 528. The average molecular weight is 294 g/mol. The third-order valence-electron chi connectivity index (χ3n) is 3.54. The topological polar surface area (TPSA) is 81.4 Å². The van der Waals surface area contributed by atoms with Crippen molar-refractivity contribution in [2.75, 3.05) is 12.3 Å². The number of anilines is 1. The van der Waals surface area contributed by atoms with Gasteiger partial charge in [-0.1, -0.05) is 19.3 Å². The molecule has 3 N–H and O–H groups in total. The van der Waals surface area contributed by atoms with Crippen LogP contribution in [-0.4, -0.2) is 24.5 Å². The fraction of sp³-hybridized carbons (Fsp3) is 0.467. The minimum Gasteiger partial charge on any atom is -0.452 e. The summed E-state index contributed by atoms with van der Waals surface area (Å²) in [7, 11) is 0. The summed E-state index contributed by atoms with van der Waals surface area (Å²) in [5.74, 6) is -1.60. The summed E-state index contributed by atoms with van der Waals surface area (Å²) in [6.45, 7) is -0.341. The summed E-state index contributed by atoms with van der Waals surface area (Å²) in [6.07, 6.45) is 5.36. The lowest BCUT2D eigenvalue weighted by Gasteiger charge is -2.22. The molecule has 1 saturated carbocycles. The third-order valence-corrected chi connectivity index (χ3v) is 3.54. The van der Waals surface area contributed by atoms with E-state index in [-0.39, 0.29) is 29.8 Å². The van der Waals surface area contributed by atoms with E-state index in [0.29, 0.717) is 0 Å². The van der Waals surface area contributed by atoms with Crippen LogP contribution >= 0.6 is 0 Å². The number of esters is 1. The summed E-state index contributed by atoms with van der Waals surface area (Å²) in [5, 5.41) is 2.85. The molecule has 0 aliphatic heterocycles. The molecule has 0 spiro atoms. The predicted molar refractivity (Wildman–Crippen MR) is 76.1 cm³/mol. The largest absolute Gasteiger partial charge is 0.452 e.